The quantitative estimate of drug-likeness (QED) is 0.333. The molecule has 3 N–H and O–H groups in total. The number of anilines is 1. The maximum Gasteiger partial charge on any atom is 0.237 e. The smallest absolute Gasteiger partial charge is 0.237 e. The number of hydrogen-bond donors (Lipinski definition) is 2. The fourth-order valence-electron chi connectivity index (χ4n) is 2.00. The summed E-state index contributed by atoms with van der Waals surface area (Å²) in [6.07, 6.45) is 0. The Morgan fingerprint density at radius 2 is 2.00 bits per heavy atom. The number of nitrogen functional groups attached to an aromatic ring is 1. The van der Waals surface area contributed by atoms with E-state index in [1.807, 2.05) is 17.5 Å². The summed E-state index contributed by atoms with van der Waals surface area (Å²) in [6.45, 7) is 1.73. The molecule has 1 atom stereocenters. The number of thioether (sulfide) groups is 1. The van der Waals surface area contributed by atoms with Crippen LogP contribution in [0.5, 0.6) is 0 Å². The molecule has 11 heteroatoms. The lowest BCUT2D eigenvalue weighted by Gasteiger charge is -2.13. The minimum Gasteiger partial charge on any atom is -0.335 e. The number of thiophene rings is 1. The Hall–Kier alpha value is -1.45. The van der Waals surface area contributed by atoms with E-state index in [9.17, 15) is 4.79 Å². The number of halogens is 3. The van der Waals surface area contributed by atoms with Gasteiger partial charge in [0.25, 0.3) is 0 Å². The number of nitrogens with two attached hydrogens (primary N) is 1. The monoisotopic (exact) mass is 447 g/mol. The lowest BCUT2D eigenvalue weighted by molar-refractivity contribution is -0.115. The third-order valence-corrected chi connectivity index (χ3v) is 6.28. The van der Waals surface area contributed by atoms with E-state index in [1.54, 1.807) is 6.92 Å². The molecular weight excluding hydrogens is 437 g/mol. The first kappa shape index (κ1) is 19.3. The topological polar surface area (TPSA) is 85.8 Å². The van der Waals surface area contributed by atoms with Gasteiger partial charge < -0.3 is 11.2 Å². The number of benzene rings is 1. The van der Waals surface area contributed by atoms with Crippen LogP contribution in [0.2, 0.25) is 15.1 Å². The van der Waals surface area contributed by atoms with Crippen LogP contribution in [0.25, 0.3) is 10.7 Å². The van der Waals surface area contributed by atoms with Gasteiger partial charge in [-0.15, -0.1) is 21.5 Å². The van der Waals surface area contributed by atoms with Crippen molar-refractivity contribution in [3.05, 3.63) is 44.7 Å². The number of aromatic nitrogens is 3. The summed E-state index contributed by atoms with van der Waals surface area (Å²) in [7, 11) is 0. The van der Waals surface area contributed by atoms with Crippen molar-refractivity contribution in [1.29, 1.82) is 0 Å². The molecule has 0 spiro atoms. The van der Waals surface area contributed by atoms with E-state index in [2.05, 4.69) is 15.5 Å². The highest BCUT2D eigenvalue weighted by Gasteiger charge is 2.21. The summed E-state index contributed by atoms with van der Waals surface area (Å²) in [6, 6.07) is 6.78. The molecule has 26 heavy (non-hydrogen) atoms. The van der Waals surface area contributed by atoms with Crippen LogP contribution < -0.4 is 11.2 Å². The fourth-order valence-corrected chi connectivity index (χ4v) is 4.07. The Balaban J connectivity index is 1.71. The third kappa shape index (κ3) is 4.10. The molecule has 1 amide bonds. The lowest BCUT2D eigenvalue weighted by Crippen LogP contribution is -2.23. The van der Waals surface area contributed by atoms with Crippen molar-refractivity contribution < 1.29 is 4.79 Å². The molecule has 0 bridgehead atoms. The predicted molar refractivity (Wildman–Crippen MR) is 109 cm³/mol. The molecule has 0 saturated heterocycles. The molecular formula is C15H12Cl3N5OS2. The standard InChI is InChI=1S/C15H12Cl3N5OS2/c1-7(14(24)20-11-6-9(17)8(16)5-10(11)18)26-15-22-21-13(23(15)19)12-3-2-4-25-12/h2-7H,19H2,1H3,(H,20,24). The van der Waals surface area contributed by atoms with Gasteiger partial charge in [-0.1, -0.05) is 52.6 Å². The fraction of sp³-hybridized carbons (Fsp3) is 0.133. The second kappa shape index (κ2) is 8.06. The number of nitrogens with zero attached hydrogens (tertiary/aromatic N) is 3. The van der Waals surface area contributed by atoms with E-state index in [0.29, 0.717) is 31.7 Å². The van der Waals surface area contributed by atoms with Crippen molar-refractivity contribution >= 4 is 69.5 Å². The zero-order valence-electron chi connectivity index (χ0n) is 13.2. The second-order valence-electron chi connectivity index (χ2n) is 5.15. The summed E-state index contributed by atoms with van der Waals surface area (Å²) in [5, 5.41) is 13.6. The van der Waals surface area contributed by atoms with Gasteiger partial charge in [-0.3, -0.25) is 4.79 Å². The molecule has 1 unspecified atom stereocenters. The van der Waals surface area contributed by atoms with Gasteiger partial charge in [0.15, 0.2) is 5.82 Å². The van der Waals surface area contributed by atoms with E-state index < -0.39 is 5.25 Å². The lowest BCUT2D eigenvalue weighted by atomic mass is 10.3. The van der Waals surface area contributed by atoms with E-state index in [1.165, 1.54) is 39.9 Å². The first-order valence-electron chi connectivity index (χ1n) is 7.23. The average Bonchev–Trinajstić information content (AvgIpc) is 3.23. The Labute approximate surface area is 172 Å². The van der Waals surface area contributed by atoms with Crippen molar-refractivity contribution in [3.8, 4) is 10.7 Å². The SMILES string of the molecule is CC(Sc1nnc(-c2cccs2)n1N)C(=O)Nc1cc(Cl)c(Cl)cc1Cl. The Morgan fingerprint density at radius 1 is 1.27 bits per heavy atom. The van der Waals surface area contributed by atoms with Gasteiger partial charge in [0, 0.05) is 0 Å². The molecule has 2 aromatic heterocycles. The average molecular weight is 449 g/mol. The molecule has 1 aromatic carbocycles. The van der Waals surface area contributed by atoms with E-state index in [4.69, 9.17) is 40.6 Å². The van der Waals surface area contributed by atoms with Crippen LogP contribution in [0.3, 0.4) is 0 Å². The Morgan fingerprint density at radius 3 is 2.69 bits per heavy atom. The first-order chi connectivity index (χ1) is 12.4. The van der Waals surface area contributed by atoms with Crippen molar-refractivity contribution in [1.82, 2.24) is 14.9 Å². The van der Waals surface area contributed by atoms with Crippen LogP contribution in [0.4, 0.5) is 5.69 Å². The van der Waals surface area contributed by atoms with Crippen molar-refractivity contribution in [2.24, 2.45) is 0 Å². The summed E-state index contributed by atoms with van der Waals surface area (Å²) in [4.78, 5) is 13.3. The largest absolute Gasteiger partial charge is 0.335 e. The summed E-state index contributed by atoms with van der Waals surface area (Å²) >= 11 is 20.6. The van der Waals surface area contributed by atoms with Crippen molar-refractivity contribution in [2.75, 3.05) is 11.2 Å². The molecule has 0 radical (unpaired) electrons. The second-order valence-corrected chi connectivity index (χ2v) is 8.63. The van der Waals surface area contributed by atoms with Gasteiger partial charge in [-0.2, -0.15) is 0 Å². The summed E-state index contributed by atoms with van der Waals surface area (Å²) in [5.74, 6) is 6.31. The van der Waals surface area contributed by atoms with Gasteiger partial charge in [0.2, 0.25) is 11.1 Å². The molecule has 0 saturated carbocycles. The molecule has 6 nitrogen and oxygen atoms in total. The molecule has 0 fully saturated rings. The summed E-state index contributed by atoms with van der Waals surface area (Å²) in [5.41, 5.74) is 0.381. The molecule has 0 aliphatic rings. The zero-order chi connectivity index (χ0) is 18.8. The minimum absolute atomic E-state index is 0.282. The van der Waals surface area contributed by atoms with Gasteiger partial charge >= 0.3 is 0 Å². The molecule has 0 aliphatic heterocycles. The number of hydrogen-bond acceptors (Lipinski definition) is 6. The van der Waals surface area contributed by atoms with Crippen LogP contribution in [-0.4, -0.2) is 26.0 Å². The highest BCUT2D eigenvalue weighted by Crippen LogP contribution is 2.33. The molecule has 2 heterocycles. The molecule has 136 valence electrons. The van der Waals surface area contributed by atoms with E-state index >= 15 is 0 Å². The highest BCUT2D eigenvalue weighted by atomic mass is 35.5. The number of carbonyl (C=O) groups excluding carboxylic acids is 1. The maximum absolute atomic E-state index is 12.4. The van der Waals surface area contributed by atoms with Gasteiger partial charge in [-0.05, 0) is 30.5 Å². The van der Waals surface area contributed by atoms with Crippen LogP contribution in [-0.2, 0) is 4.79 Å². The van der Waals surface area contributed by atoms with Crippen LogP contribution in [0, 0.1) is 0 Å². The van der Waals surface area contributed by atoms with Crippen molar-refractivity contribution in [2.45, 2.75) is 17.3 Å². The third-order valence-electron chi connectivity index (χ3n) is 3.33. The first-order valence-corrected chi connectivity index (χ1v) is 10.1. The number of amides is 1. The number of rotatable bonds is 5. The predicted octanol–water partition coefficient (Wildman–Crippen LogP) is 4.80. The number of carbonyl (C=O) groups is 1. The van der Waals surface area contributed by atoms with Crippen LogP contribution in [0.1, 0.15) is 6.92 Å². The normalized spacial score (nSPS) is 12.2. The van der Waals surface area contributed by atoms with Crippen LogP contribution >= 0.6 is 57.9 Å². The summed E-state index contributed by atoms with van der Waals surface area (Å²) < 4.78 is 1.37. The zero-order valence-corrected chi connectivity index (χ0v) is 17.1. The maximum atomic E-state index is 12.4. The number of nitrogens with one attached hydrogen (secondary N) is 1. The highest BCUT2D eigenvalue weighted by molar-refractivity contribution is 8.00. The van der Waals surface area contributed by atoms with Crippen molar-refractivity contribution in [3.63, 3.8) is 0 Å². The minimum atomic E-state index is -0.497. The van der Waals surface area contributed by atoms with E-state index in [-0.39, 0.29) is 5.91 Å². The van der Waals surface area contributed by atoms with Gasteiger partial charge in [-0.25, -0.2) is 4.68 Å². The molecule has 3 aromatic rings. The van der Waals surface area contributed by atoms with E-state index in [0.717, 1.165) is 4.88 Å². The molecule has 3 rings (SSSR count). The molecule has 0 aliphatic carbocycles. The Bertz CT molecular complexity index is 945. The van der Waals surface area contributed by atoms with Gasteiger partial charge in [0.1, 0.15) is 0 Å². The van der Waals surface area contributed by atoms with Gasteiger partial charge in [0.05, 0.1) is 30.9 Å². The Kier molecular flexibility index (Phi) is 5.99. The van der Waals surface area contributed by atoms with Crippen LogP contribution in [0.15, 0.2) is 34.8 Å².